The van der Waals surface area contributed by atoms with Gasteiger partial charge < -0.3 is 14.3 Å². The minimum Gasteiger partial charge on any atom is -0.445 e. The third-order valence-electron chi connectivity index (χ3n) is 5.85. The summed E-state index contributed by atoms with van der Waals surface area (Å²) in [5.41, 5.74) is 0.947. The molecule has 1 fully saturated rings. The minimum absolute atomic E-state index is 0.0680. The molecule has 1 aromatic carbocycles. The van der Waals surface area contributed by atoms with Crippen molar-refractivity contribution < 1.29 is 19.1 Å². The molecular weight excluding hydrogens is 346 g/mol. The zero-order valence-electron chi connectivity index (χ0n) is 16.9. The number of nitrogens with zero attached hydrogens (tertiary/aromatic N) is 1. The molecule has 146 valence electrons. The Kier molecular flexibility index (Phi) is 6.53. The molecular formula is C20H33NO4Si. The summed E-state index contributed by atoms with van der Waals surface area (Å²) in [5, 5.41) is 9.92. The van der Waals surface area contributed by atoms with Crippen molar-refractivity contribution in [1.29, 1.82) is 0 Å². The van der Waals surface area contributed by atoms with Crippen LogP contribution in [0.2, 0.25) is 18.1 Å². The number of hydrogen-bond donors (Lipinski definition) is 1. The highest BCUT2D eigenvalue weighted by Crippen LogP contribution is 2.40. The first-order valence-corrected chi connectivity index (χ1v) is 12.2. The summed E-state index contributed by atoms with van der Waals surface area (Å²) >= 11 is 0. The van der Waals surface area contributed by atoms with Gasteiger partial charge in [-0.1, -0.05) is 58.0 Å². The van der Waals surface area contributed by atoms with Crippen LogP contribution >= 0.6 is 0 Å². The standard InChI is InChI=1S/C20H33NO4Si/c1-15-17(13-22)21(12-18(15)25-26(5,6)20(2,3)4)19(23)24-14-16-10-8-7-9-11-16/h7-11,15,17-18,22H,12-14H2,1-6H3/t15-,17?,18+/m1/s1. The smallest absolute Gasteiger partial charge is 0.410 e. The highest BCUT2D eigenvalue weighted by Gasteiger charge is 2.47. The van der Waals surface area contributed by atoms with Gasteiger partial charge in [0.1, 0.15) is 6.61 Å². The van der Waals surface area contributed by atoms with E-state index in [2.05, 4.69) is 33.9 Å². The van der Waals surface area contributed by atoms with Gasteiger partial charge in [0.25, 0.3) is 0 Å². The SMILES string of the molecule is C[C@@H]1C(CO)N(C(=O)OCc2ccccc2)C[C@@H]1O[Si](C)(C)C(C)(C)C. The molecule has 5 nitrogen and oxygen atoms in total. The maximum Gasteiger partial charge on any atom is 0.410 e. The second-order valence-corrected chi connectivity index (χ2v) is 13.5. The highest BCUT2D eigenvalue weighted by molar-refractivity contribution is 6.74. The van der Waals surface area contributed by atoms with E-state index in [1.807, 2.05) is 37.3 Å². The lowest BCUT2D eigenvalue weighted by Gasteiger charge is -2.39. The predicted octanol–water partition coefficient (Wildman–Crippen LogP) is 4.03. The van der Waals surface area contributed by atoms with E-state index < -0.39 is 8.32 Å². The fourth-order valence-electron chi connectivity index (χ4n) is 3.00. The quantitative estimate of drug-likeness (QED) is 0.785. The minimum atomic E-state index is -1.95. The molecule has 1 saturated heterocycles. The van der Waals surface area contributed by atoms with Crippen LogP contribution in [0.3, 0.4) is 0 Å². The number of likely N-dealkylation sites (tertiary alicyclic amines) is 1. The second-order valence-electron chi connectivity index (χ2n) is 8.72. The van der Waals surface area contributed by atoms with E-state index in [4.69, 9.17) is 9.16 Å². The molecule has 1 aliphatic heterocycles. The average Bonchev–Trinajstić information content (AvgIpc) is 2.88. The molecule has 6 heteroatoms. The molecule has 1 amide bonds. The van der Waals surface area contributed by atoms with Crippen LogP contribution in [0.1, 0.15) is 33.3 Å². The van der Waals surface area contributed by atoms with Crippen molar-refractivity contribution in [1.82, 2.24) is 4.90 Å². The summed E-state index contributed by atoms with van der Waals surface area (Å²) in [6.07, 6.45) is -0.460. The first-order valence-electron chi connectivity index (χ1n) is 9.33. The molecule has 1 aromatic rings. The lowest BCUT2D eigenvalue weighted by molar-refractivity contribution is 0.0738. The summed E-state index contributed by atoms with van der Waals surface area (Å²) in [4.78, 5) is 14.2. The molecule has 1 heterocycles. The van der Waals surface area contributed by atoms with Crippen molar-refractivity contribution in [3.8, 4) is 0 Å². The first-order chi connectivity index (χ1) is 12.1. The van der Waals surface area contributed by atoms with Crippen LogP contribution in [-0.2, 0) is 15.8 Å². The molecule has 26 heavy (non-hydrogen) atoms. The Morgan fingerprint density at radius 1 is 1.27 bits per heavy atom. The Morgan fingerprint density at radius 2 is 1.88 bits per heavy atom. The summed E-state index contributed by atoms with van der Waals surface area (Å²) in [5.74, 6) is 0.0680. The van der Waals surface area contributed by atoms with Gasteiger partial charge in [0, 0.05) is 12.5 Å². The Morgan fingerprint density at radius 3 is 2.42 bits per heavy atom. The van der Waals surface area contributed by atoms with Gasteiger partial charge in [0.15, 0.2) is 8.32 Å². The number of rotatable bonds is 5. The van der Waals surface area contributed by atoms with Gasteiger partial charge in [0.2, 0.25) is 0 Å². The highest BCUT2D eigenvalue weighted by atomic mass is 28.4. The van der Waals surface area contributed by atoms with Crippen molar-refractivity contribution in [2.45, 2.75) is 64.6 Å². The average molecular weight is 380 g/mol. The van der Waals surface area contributed by atoms with Crippen LogP contribution in [0, 0.1) is 5.92 Å². The van der Waals surface area contributed by atoms with Crippen molar-refractivity contribution in [2.24, 2.45) is 5.92 Å². The Hall–Kier alpha value is -1.37. The van der Waals surface area contributed by atoms with Gasteiger partial charge in [-0.15, -0.1) is 0 Å². The van der Waals surface area contributed by atoms with E-state index in [1.54, 1.807) is 4.90 Å². The molecule has 0 spiro atoms. The fourth-order valence-corrected chi connectivity index (χ4v) is 4.40. The summed E-state index contributed by atoms with van der Waals surface area (Å²) in [7, 11) is -1.95. The monoisotopic (exact) mass is 379 g/mol. The molecule has 0 saturated carbocycles. The third-order valence-corrected chi connectivity index (χ3v) is 10.4. The molecule has 0 aliphatic carbocycles. The zero-order chi connectivity index (χ0) is 19.5. The van der Waals surface area contributed by atoms with Gasteiger partial charge in [-0.05, 0) is 23.7 Å². The number of amides is 1. The van der Waals surface area contributed by atoms with Crippen LogP contribution in [0.15, 0.2) is 30.3 Å². The number of ether oxygens (including phenoxy) is 1. The van der Waals surface area contributed by atoms with Crippen LogP contribution in [-0.4, -0.2) is 49.7 Å². The number of hydrogen-bond acceptors (Lipinski definition) is 4. The van der Waals surface area contributed by atoms with Gasteiger partial charge in [-0.25, -0.2) is 4.79 Å². The molecule has 0 aromatic heterocycles. The van der Waals surface area contributed by atoms with Gasteiger partial charge in [0.05, 0.1) is 18.8 Å². The van der Waals surface area contributed by atoms with Gasteiger partial charge in [-0.3, -0.25) is 4.90 Å². The normalized spacial score (nSPS) is 24.0. The van der Waals surface area contributed by atoms with Crippen LogP contribution < -0.4 is 0 Å². The maximum atomic E-state index is 12.6. The maximum absolute atomic E-state index is 12.6. The Bertz CT molecular complexity index is 600. The molecule has 1 N–H and O–H groups in total. The molecule has 0 radical (unpaired) electrons. The van der Waals surface area contributed by atoms with Crippen LogP contribution in [0.25, 0.3) is 0 Å². The number of aliphatic hydroxyl groups is 1. The van der Waals surface area contributed by atoms with E-state index in [9.17, 15) is 9.90 Å². The van der Waals surface area contributed by atoms with E-state index in [0.717, 1.165) is 5.56 Å². The summed E-state index contributed by atoms with van der Waals surface area (Å²) in [6.45, 7) is 13.7. The summed E-state index contributed by atoms with van der Waals surface area (Å²) in [6, 6.07) is 9.34. The van der Waals surface area contributed by atoms with E-state index >= 15 is 0 Å². The van der Waals surface area contributed by atoms with Gasteiger partial charge in [-0.2, -0.15) is 0 Å². The van der Waals surface area contributed by atoms with Crippen molar-refractivity contribution in [2.75, 3.05) is 13.2 Å². The predicted molar refractivity (Wildman–Crippen MR) is 105 cm³/mol. The molecule has 2 rings (SSSR count). The van der Waals surface area contributed by atoms with E-state index in [0.29, 0.717) is 6.54 Å². The lowest BCUT2D eigenvalue weighted by atomic mass is 10.0. The van der Waals surface area contributed by atoms with E-state index in [-0.39, 0.29) is 42.4 Å². The van der Waals surface area contributed by atoms with E-state index in [1.165, 1.54) is 0 Å². The van der Waals surface area contributed by atoms with Crippen LogP contribution in [0.4, 0.5) is 4.79 Å². The topological polar surface area (TPSA) is 59.0 Å². The first kappa shape index (κ1) is 20.9. The molecule has 1 unspecified atom stereocenters. The Labute approximate surface area is 158 Å². The van der Waals surface area contributed by atoms with Crippen molar-refractivity contribution in [3.05, 3.63) is 35.9 Å². The Balaban J connectivity index is 2.03. The fraction of sp³-hybridized carbons (Fsp3) is 0.650. The lowest BCUT2D eigenvalue weighted by Crippen LogP contribution is -2.46. The van der Waals surface area contributed by atoms with Crippen LogP contribution in [0.5, 0.6) is 0 Å². The third kappa shape index (κ3) is 4.67. The molecule has 0 bridgehead atoms. The summed E-state index contributed by atoms with van der Waals surface area (Å²) < 4.78 is 12.0. The second kappa shape index (κ2) is 8.11. The van der Waals surface area contributed by atoms with Crippen molar-refractivity contribution in [3.63, 3.8) is 0 Å². The van der Waals surface area contributed by atoms with Crippen molar-refractivity contribution >= 4 is 14.4 Å². The zero-order valence-corrected chi connectivity index (χ0v) is 17.9. The number of carbonyl (C=O) groups is 1. The molecule has 3 atom stereocenters. The molecule has 1 aliphatic rings. The largest absolute Gasteiger partial charge is 0.445 e. The number of benzene rings is 1. The van der Waals surface area contributed by atoms with Gasteiger partial charge >= 0.3 is 6.09 Å². The number of aliphatic hydroxyl groups excluding tert-OH is 1. The number of carbonyl (C=O) groups excluding carboxylic acids is 1.